The zero-order valence-corrected chi connectivity index (χ0v) is 11.6. The van der Waals surface area contributed by atoms with Gasteiger partial charge in [0.05, 0.1) is 35.6 Å². The van der Waals surface area contributed by atoms with Crippen LogP contribution in [-0.2, 0) is 0 Å². The second-order valence-electron chi connectivity index (χ2n) is 3.73. The normalized spacial score (nSPS) is 9.47. The van der Waals surface area contributed by atoms with Crippen LogP contribution >= 0.6 is 23.2 Å². The Morgan fingerprint density at radius 1 is 1.16 bits per heavy atom. The second kappa shape index (κ2) is 7.63. The molecule has 0 heterocycles. The van der Waals surface area contributed by atoms with Gasteiger partial charge in [-0.15, -0.1) is 0 Å². The number of hydrogen-bond donors (Lipinski definition) is 0. The third-order valence-electron chi connectivity index (χ3n) is 2.44. The van der Waals surface area contributed by atoms with Crippen molar-refractivity contribution in [2.45, 2.75) is 12.8 Å². The first kappa shape index (κ1) is 15.3. The molecule has 0 aliphatic heterocycles. The summed E-state index contributed by atoms with van der Waals surface area (Å²) >= 11 is 11.7. The molecule has 1 aromatic rings. The number of benzene rings is 1. The smallest absolute Gasteiger partial charge is 0.255 e. The van der Waals surface area contributed by atoms with Gasteiger partial charge in [0.25, 0.3) is 5.91 Å². The SMILES string of the molecule is N#CCCN(CCC#N)C(=O)c1ccc(Cl)cc1Cl. The van der Waals surface area contributed by atoms with E-state index in [-0.39, 0.29) is 36.9 Å². The van der Waals surface area contributed by atoms with E-state index < -0.39 is 0 Å². The molecular formula is C13H11Cl2N3O. The monoisotopic (exact) mass is 295 g/mol. The highest BCUT2D eigenvalue weighted by Crippen LogP contribution is 2.22. The fraction of sp³-hybridized carbons (Fsp3) is 0.308. The highest BCUT2D eigenvalue weighted by Gasteiger charge is 2.18. The van der Waals surface area contributed by atoms with E-state index in [2.05, 4.69) is 0 Å². The Balaban J connectivity index is 2.91. The molecule has 1 aromatic carbocycles. The van der Waals surface area contributed by atoms with Crippen LogP contribution in [0.15, 0.2) is 18.2 Å². The lowest BCUT2D eigenvalue weighted by atomic mass is 10.2. The van der Waals surface area contributed by atoms with Crippen LogP contribution in [-0.4, -0.2) is 23.9 Å². The molecule has 0 atom stereocenters. The van der Waals surface area contributed by atoms with E-state index in [9.17, 15) is 4.79 Å². The van der Waals surface area contributed by atoms with Gasteiger partial charge < -0.3 is 4.90 Å². The summed E-state index contributed by atoms with van der Waals surface area (Å²) in [6.07, 6.45) is 0.421. The predicted molar refractivity (Wildman–Crippen MR) is 72.8 cm³/mol. The van der Waals surface area contributed by atoms with Gasteiger partial charge in [-0.3, -0.25) is 4.79 Å². The second-order valence-corrected chi connectivity index (χ2v) is 4.58. The van der Waals surface area contributed by atoms with E-state index in [0.717, 1.165) is 0 Å². The Morgan fingerprint density at radius 3 is 2.21 bits per heavy atom. The maximum atomic E-state index is 12.3. The number of carbonyl (C=O) groups is 1. The number of halogens is 2. The molecule has 1 amide bonds. The van der Waals surface area contributed by atoms with E-state index in [1.165, 1.54) is 11.0 Å². The Morgan fingerprint density at radius 2 is 1.74 bits per heavy atom. The van der Waals surface area contributed by atoms with E-state index in [1.54, 1.807) is 12.1 Å². The minimum Gasteiger partial charge on any atom is -0.337 e. The molecule has 0 N–H and O–H groups in total. The molecule has 19 heavy (non-hydrogen) atoms. The third kappa shape index (κ3) is 4.44. The molecule has 4 nitrogen and oxygen atoms in total. The minimum absolute atomic E-state index is 0.211. The number of nitrogens with zero attached hydrogens (tertiary/aromatic N) is 3. The van der Waals surface area contributed by atoms with E-state index in [4.69, 9.17) is 33.7 Å². The van der Waals surface area contributed by atoms with Gasteiger partial charge in [-0.1, -0.05) is 23.2 Å². The van der Waals surface area contributed by atoms with E-state index >= 15 is 0 Å². The molecule has 0 unspecified atom stereocenters. The van der Waals surface area contributed by atoms with Crippen LogP contribution in [0, 0.1) is 22.7 Å². The van der Waals surface area contributed by atoms with Gasteiger partial charge in [-0.05, 0) is 18.2 Å². The molecule has 1 rings (SSSR count). The molecule has 0 aromatic heterocycles. The highest BCUT2D eigenvalue weighted by molar-refractivity contribution is 6.36. The first-order valence-electron chi connectivity index (χ1n) is 5.58. The molecule has 6 heteroatoms. The summed E-state index contributed by atoms with van der Waals surface area (Å²) in [4.78, 5) is 13.7. The average Bonchev–Trinajstić information content (AvgIpc) is 2.38. The number of carbonyl (C=O) groups excluding carboxylic acids is 1. The zero-order valence-electron chi connectivity index (χ0n) is 10.1. The minimum atomic E-state index is -0.299. The standard InChI is InChI=1S/C13H11Cl2N3O/c14-10-3-4-11(12(15)9-10)13(19)18(7-1-5-16)8-2-6-17/h3-4,9H,1-2,7-8H2. The molecule has 0 radical (unpaired) electrons. The number of rotatable bonds is 5. The molecule has 0 saturated heterocycles. The largest absolute Gasteiger partial charge is 0.337 e. The first-order chi connectivity index (χ1) is 9.10. The predicted octanol–water partition coefficient (Wildman–Crippen LogP) is 3.26. The summed E-state index contributed by atoms with van der Waals surface area (Å²) in [6.45, 7) is 0.548. The summed E-state index contributed by atoms with van der Waals surface area (Å²) in [7, 11) is 0. The topological polar surface area (TPSA) is 67.9 Å². The van der Waals surface area contributed by atoms with Gasteiger partial charge >= 0.3 is 0 Å². The summed E-state index contributed by atoms with van der Waals surface area (Å²) in [6, 6.07) is 8.55. The summed E-state index contributed by atoms with van der Waals surface area (Å²) in [5.41, 5.74) is 0.321. The van der Waals surface area contributed by atoms with E-state index in [0.29, 0.717) is 10.6 Å². The number of hydrogen-bond acceptors (Lipinski definition) is 3. The highest BCUT2D eigenvalue weighted by atomic mass is 35.5. The third-order valence-corrected chi connectivity index (χ3v) is 2.98. The van der Waals surface area contributed by atoms with Crippen molar-refractivity contribution >= 4 is 29.1 Å². The fourth-order valence-electron chi connectivity index (χ4n) is 1.52. The van der Waals surface area contributed by atoms with Crippen molar-refractivity contribution in [1.29, 1.82) is 10.5 Å². The average molecular weight is 296 g/mol. The van der Waals surface area contributed by atoms with E-state index in [1.807, 2.05) is 12.1 Å². The van der Waals surface area contributed by atoms with Gasteiger partial charge in [0.2, 0.25) is 0 Å². The van der Waals surface area contributed by atoms with Crippen molar-refractivity contribution in [3.05, 3.63) is 33.8 Å². The fourth-order valence-corrected chi connectivity index (χ4v) is 2.01. The van der Waals surface area contributed by atoms with Crippen molar-refractivity contribution in [3.8, 4) is 12.1 Å². The van der Waals surface area contributed by atoms with Crippen LogP contribution in [0.3, 0.4) is 0 Å². The molecule has 98 valence electrons. The first-order valence-corrected chi connectivity index (χ1v) is 6.34. The van der Waals surface area contributed by atoms with Gasteiger partial charge in [0, 0.05) is 18.1 Å². The van der Waals surface area contributed by atoms with Crippen LogP contribution in [0.2, 0.25) is 10.0 Å². The van der Waals surface area contributed by atoms with Crippen molar-refractivity contribution in [1.82, 2.24) is 4.90 Å². The molecule has 0 spiro atoms. The maximum absolute atomic E-state index is 12.3. The number of amides is 1. The Labute approximate surface area is 121 Å². The van der Waals surface area contributed by atoms with Crippen molar-refractivity contribution in [2.24, 2.45) is 0 Å². The summed E-state index contributed by atoms with van der Waals surface area (Å²) in [5.74, 6) is -0.299. The molecule has 0 aliphatic carbocycles. The lowest BCUT2D eigenvalue weighted by molar-refractivity contribution is 0.0762. The zero-order chi connectivity index (χ0) is 14.3. The van der Waals surface area contributed by atoms with Crippen LogP contribution in [0.5, 0.6) is 0 Å². The van der Waals surface area contributed by atoms with Crippen LogP contribution < -0.4 is 0 Å². The van der Waals surface area contributed by atoms with Gasteiger partial charge in [-0.2, -0.15) is 10.5 Å². The van der Waals surface area contributed by atoms with Gasteiger partial charge in [0.15, 0.2) is 0 Å². The van der Waals surface area contributed by atoms with Crippen molar-refractivity contribution in [3.63, 3.8) is 0 Å². The molecule has 0 bridgehead atoms. The van der Waals surface area contributed by atoms with Gasteiger partial charge in [-0.25, -0.2) is 0 Å². The van der Waals surface area contributed by atoms with Crippen LogP contribution in [0.25, 0.3) is 0 Å². The molecule has 0 aliphatic rings. The Bertz CT molecular complexity index is 528. The quantitative estimate of drug-likeness (QED) is 0.837. The molecule has 0 fully saturated rings. The van der Waals surface area contributed by atoms with Crippen molar-refractivity contribution < 1.29 is 4.79 Å². The summed E-state index contributed by atoms with van der Waals surface area (Å²) in [5, 5.41) is 17.9. The Kier molecular flexibility index (Phi) is 6.15. The molecular weight excluding hydrogens is 285 g/mol. The van der Waals surface area contributed by atoms with Gasteiger partial charge in [0.1, 0.15) is 0 Å². The van der Waals surface area contributed by atoms with Crippen LogP contribution in [0.1, 0.15) is 23.2 Å². The summed E-state index contributed by atoms with van der Waals surface area (Å²) < 4.78 is 0. The number of nitriles is 2. The Hall–Kier alpha value is -1.75. The lowest BCUT2D eigenvalue weighted by Gasteiger charge is -2.21. The van der Waals surface area contributed by atoms with Crippen LogP contribution in [0.4, 0.5) is 0 Å². The maximum Gasteiger partial charge on any atom is 0.255 e. The van der Waals surface area contributed by atoms with Crippen molar-refractivity contribution in [2.75, 3.05) is 13.1 Å². The lowest BCUT2D eigenvalue weighted by Crippen LogP contribution is -2.33. The molecule has 0 saturated carbocycles.